The first-order valence-electron chi connectivity index (χ1n) is 6.18. The predicted molar refractivity (Wildman–Crippen MR) is 82.7 cm³/mol. The number of Topliss-reactive ketones (excluding diaryl/α,β-unsaturated/α-hetero) is 1. The van der Waals surface area contributed by atoms with Crippen molar-refractivity contribution in [1.82, 2.24) is 4.57 Å². The van der Waals surface area contributed by atoms with Gasteiger partial charge in [0.1, 0.15) is 0 Å². The first-order chi connectivity index (χ1) is 9.66. The number of rotatable bonds is 3. The third kappa shape index (κ3) is 2.33. The van der Waals surface area contributed by atoms with E-state index in [-0.39, 0.29) is 12.3 Å². The normalized spacial score (nSPS) is 10.9. The Labute approximate surface area is 126 Å². The predicted octanol–water partition coefficient (Wildman–Crippen LogP) is 4.83. The molecule has 2 aromatic carbocycles. The fraction of sp³-hybridized carbons (Fsp3) is 0.0625. The summed E-state index contributed by atoms with van der Waals surface area (Å²) < 4.78 is 1.88. The molecule has 0 aliphatic rings. The second-order valence-corrected chi connectivity index (χ2v) is 5.33. The largest absolute Gasteiger partial charge is 0.340 e. The molecule has 1 aromatic heterocycles. The van der Waals surface area contributed by atoms with E-state index >= 15 is 0 Å². The molecule has 4 heteroatoms. The Bertz CT molecular complexity index is 792. The van der Waals surface area contributed by atoms with Crippen LogP contribution >= 0.6 is 23.2 Å². The van der Waals surface area contributed by atoms with Crippen LogP contribution in [0.1, 0.15) is 10.4 Å². The molecule has 0 saturated carbocycles. The molecule has 0 atom stereocenters. The van der Waals surface area contributed by atoms with E-state index in [0.29, 0.717) is 15.6 Å². The van der Waals surface area contributed by atoms with E-state index in [1.807, 2.05) is 47.2 Å². The minimum Gasteiger partial charge on any atom is -0.340 e. The van der Waals surface area contributed by atoms with Gasteiger partial charge in [0.2, 0.25) is 0 Å². The van der Waals surface area contributed by atoms with Crippen LogP contribution in [0.15, 0.2) is 54.7 Å². The maximum atomic E-state index is 12.3. The van der Waals surface area contributed by atoms with E-state index in [9.17, 15) is 4.79 Å². The lowest BCUT2D eigenvalue weighted by atomic mass is 10.1. The molecule has 0 aliphatic carbocycles. The Morgan fingerprint density at radius 2 is 1.70 bits per heavy atom. The number of hydrogen-bond donors (Lipinski definition) is 0. The molecular formula is C16H11Cl2NO. The lowest BCUT2D eigenvalue weighted by molar-refractivity contribution is 0.0974. The van der Waals surface area contributed by atoms with Gasteiger partial charge in [0, 0.05) is 27.7 Å². The van der Waals surface area contributed by atoms with Gasteiger partial charge >= 0.3 is 0 Å². The van der Waals surface area contributed by atoms with Gasteiger partial charge in [-0.25, -0.2) is 0 Å². The summed E-state index contributed by atoms with van der Waals surface area (Å²) in [6.07, 6.45) is 1.87. The minimum absolute atomic E-state index is 0.0203. The zero-order valence-electron chi connectivity index (χ0n) is 10.5. The molecule has 0 spiro atoms. The van der Waals surface area contributed by atoms with Gasteiger partial charge < -0.3 is 4.57 Å². The highest BCUT2D eigenvalue weighted by molar-refractivity contribution is 6.35. The maximum absolute atomic E-state index is 12.3. The first-order valence-corrected chi connectivity index (χ1v) is 6.93. The Morgan fingerprint density at radius 1 is 0.950 bits per heavy atom. The van der Waals surface area contributed by atoms with Gasteiger partial charge in [0.25, 0.3) is 0 Å². The Kier molecular flexibility index (Phi) is 3.51. The number of ketones is 1. The number of nitrogens with zero attached hydrogens (tertiary/aromatic N) is 1. The van der Waals surface area contributed by atoms with Crippen LogP contribution in [0.3, 0.4) is 0 Å². The number of benzene rings is 2. The highest BCUT2D eigenvalue weighted by Crippen LogP contribution is 2.25. The zero-order valence-corrected chi connectivity index (χ0v) is 12.0. The molecule has 0 aliphatic heterocycles. The van der Waals surface area contributed by atoms with Gasteiger partial charge in [0.15, 0.2) is 5.78 Å². The number of carbonyl (C=O) groups excluding carboxylic acids is 1. The summed E-state index contributed by atoms with van der Waals surface area (Å²) in [7, 11) is 0. The number of fused-ring (bicyclic) bond motifs is 1. The molecule has 3 rings (SSSR count). The van der Waals surface area contributed by atoms with Gasteiger partial charge in [-0.2, -0.15) is 0 Å². The summed E-state index contributed by atoms with van der Waals surface area (Å²) >= 11 is 12.2. The van der Waals surface area contributed by atoms with Gasteiger partial charge in [-0.15, -0.1) is 0 Å². The standard InChI is InChI=1S/C16H11Cl2NO/c17-13-6-3-7-15-11(13)8-9-19(15)10-16(20)12-4-1-2-5-14(12)18/h1-9H,10H2. The van der Waals surface area contributed by atoms with Crippen molar-refractivity contribution in [2.45, 2.75) is 6.54 Å². The van der Waals surface area contributed by atoms with Crippen molar-refractivity contribution in [2.75, 3.05) is 0 Å². The van der Waals surface area contributed by atoms with Gasteiger partial charge in [-0.05, 0) is 30.3 Å². The fourth-order valence-electron chi connectivity index (χ4n) is 2.25. The van der Waals surface area contributed by atoms with Crippen molar-refractivity contribution in [3.05, 3.63) is 70.3 Å². The lowest BCUT2D eigenvalue weighted by Crippen LogP contribution is -2.09. The Hall–Kier alpha value is -1.77. The summed E-state index contributed by atoms with van der Waals surface area (Å²) in [5.41, 5.74) is 1.48. The van der Waals surface area contributed by atoms with Crippen molar-refractivity contribution in [2.24, 2.45) is 0 Å². The molecule has 3 aromatic rings. The third-order valence-electron chi connectivity index (χ3n) is 3.25. The molecule has 0 fully saturated rings. The van der Waals surface area contributed by atoms with Crippen LogP contribution in [-0.4, -0.2) is 10.4 Å². The highest BCUT2D eigenvalue weighted by Gasteiger charge is 2.12. The average Bonchev–Trinajstić information content (AvgIpc) is 2.84. The fourth-order valence-corrected chi connectivity index (χ4v) is 2.72. The average molecular weight is 304 g/mol. The van der Waals surface area contributed by atoms with Crippen LogP contribution in [0, 0.1) is 0 Å². The number of carbonyl (C=O) groups is 1. The molecule has 2 nitrogen and oxygen atoms in total. The summed E-state index contributed by atoms with van der Waals surface area (Å²) in [4.78, 5) is 12.3. The van der Waals surface area contributed by atoms with E-state index in [2.05, 4.69) is 0 Å². The molecular weight excluding hydrogens is 293 g/mol. The van der Waals surface area contributed by atoms with Crippen molar-refractivity contribution in [3.63, 3.8) is 0 Å². The monoisotopic (exact) mass is 303 g/mol. The molecule has 100 valence electrons. The Balaban J connectivity index is 1.96. The molecule has 0 saturated heterocycles. The summed E-state index contributed by atoms with van der Waals surface area (Å²) in [6.45, 7) is 0.244. The Morgan fingerprint density at radius 3 is 2.50 bits per heavy atom. The zero-order chi connectivity index (χ0) is 14.1. The van der Waals surface area contributed by atoms with Crippen LogP contribution in [0.5, 0.6) is 0 Å². The second-order valence-electron chi connectivity index (χ2n) is 4.52. The molecule has 0 amide bonds. The SMILES string of the molecule is O=C(Cn1ccc2c(Cl)cccc21)c1ccccc1Cl. The van der Waals surface area contributed by atoms with E-state index in [0.717, 1.165) is 10.9 Å². The van der Waals surface area contributed by atoms with Crippen LogP contribution < -0.4 is 0 Å². The van der Waals surface area contributed by atoms with E-state index in [4.69, 9.17) is 23.2 Å². The van der Waals surface area contributed by atoms with Crippen molar-refractivity contribution in [3.8, 4) is 0 Å². The lowest BCUT2D eigenvalue weighted by Gasteiger charge is -2.06. The smallest absolute Gasteiger partial charge is 0.183 e. The van der Waals surface area contributed by atoms with Crippen LogP contribution in [-0.2, 0) is 6.54 Å². The molecule has 0 unspecified atom stereocenters. The van der Waals surface area contributed by atoms with Crippen LogP contribution in [0.25, 0.3) is 10.9 Å². The quantitative estimate of drug-likeness (QED) is 0.635. The maximum Gasteiger partial charge on any atom is 0.183 e. The highest BCUT2D eigenvalue weighted by atomic mass is 35.5. The first kappa shape index (κ1) is 13.2. The number of aromatic nitrogens is 1. The second kappa shape index (κ2) is 5.31. The number of halogens is 2. The molecule has 20 heavy (non-hydrogen) atoms. The topological polar surface area (TPSA) is 22.0 Å². The van der Waals surface area contributed by atoms with Gasteiger partial charge in [-0.3, -0.25) is 4.79 Å². The molecule has 0 N–H and O–H groups in total. The third-order valence-corrected chi connectivity index (χ3v) is 3.91. The van der Waals surface area contributed by atoms with E-state index in [1.54, 1.807) is 12.1 Å². The molecule has 1 heterocycles. The summed E-state index contributed by atoms with van der Waals surface area (Å²) in [5.74, 6) is -0.0203. The van der Waals surface area contributed by atoms with Crippen LogP contribution in [0.2, 0.25) is 10.0 Å². The van der Waals surface area contributed by atoms with Crippen molar-refractivity contribution in [1.29, 1.82) is 0 Å². The van der Waals surface area contributed by atoms with Crippen molar-refractivity contribution < 1.29 is 4.79 Å². The van der Waals surface area contributed by atoms with Gasteiger partial charge in [-0.1, -0.05) is 41.4 Å². The summed E-state index contributed by atoms with van der Waals surface area (Å²) in [6, 6.07) is 14.7. The van der Waals surface area contributed by atoms with Crippen LogP contribution in [0.4, 0.5) is 0 Å². The number of hydrogen-bond acceptors (Lipinski definition) is 1. The van der Waals surface area contributed by atoms with E-state index < -0.39 is 0 Å². The molecule has 0 radical (unpaired) electrons. The molecule has 0 bridgehead atoms. The van der Waals surface area contributed by atoms with Crippen molar-refractivity contribution >= 4 is 39.9 Å². The minimum atomic E-state index is -0.0203. The van der Waals surface area contributed by atoms with Gasteiger partial charge in [0.05, 0.1) is 11.6 Å². The summed E-state index contributed by atoms with van der Waals surface area (Å²) in [5, 5.41) is 2.11. The van der Waals surface area contributed by atoms with E-state index in [1.165, 1.54) is 0 Å².